The Morgan fingerprint density at radius 2 is 1.82 bits per heavy atom. The van der Waals surface area contributed by atoms with Gasteiger partial charge in [0.2, 0.25) is 0 Å². The summed E-state index contributed by atoms with van der Waals surface area (Å²) in [6, 6.07) is 11.5. The quantitative estimate of drug-likeness (QED) is 0.802. The van der Waals surface area contributed by atoms with E-state index in [0.29, 0.717) is 5.69 Å². The molecule has 150 valence electrons. The molecule has 2 aromatic rings. The highest BCUT2D eigenvalue weighted by molar-refractivity contribution is 5.98. The highest BCUT2D eigenvalue weighted by atomic mass is 16.2. The molecule has 0 aliphatic heterocycles. The number of nitrogens with one attached hydrogen (secondary N) is 2. The van der Waals surface area contributed by atoms with Gasteiger partial charge < -0.3 is 10.6 Å². The first-order valence-corrected chi connectivity index (χ1v) is 10.2. The van der Waals surface area contributed by atoms with Gasteiger partial charge in [-0.25, -0.2) is 0 Å². The molecule has 1 aromatic heterocycles. The molecule has 1 aliphatic rings. The van der Waals surface area contributed by atoms with Crippen LogP contribution in [0.5, 0.6) is 0 Å². The molecule has 6 heteroatoms. The fraction of sp³-hybridized carbons (Fsp3) is 0.500. The number of rotatable bonds is 6. The van der Waals surface area contributed by atoms with Crippen LogP contribution in [-0.2, 0) is 0 Å². The van der Waals surface area contributed by atoms with Crippen molar-refractivity contribution in [2.45, 2.75) is 58.0 Å². The van der Waals surface area contributed by atoms with E-state index < -0.39 is 0 Å². The molecule has 3 rings (SSSR count). The van der Waals surface area contributed by atoms with Crippen LogP contribution in [0.1, 0.15) is 78.5 Å². The van der Waals surface area contributed by atoms with Crippen molar-refractivity contribution < 1.29 is 9.59 Å². The van der Waals surface area contributed by atoms with Gasteiger partial charge in [-0.1, -0.05) is 43.7 Å². The van der Waals surface area contributed by atoms with E-state index in [1.807, 2.05) is 37.3 Å². The van der Waals surface area contributed by atoms with Crippen LogP contribution >= 0.6 is 0 Å². The third kappa shape index (κ3) is 4.43. The van der Waals surface area contributed by atoms with Gasteiger partial charge in [-0.15, -0.1) is 0 Å². The molecule has 28 heavy (non-hydrogen) atoms. The van der Waals surface area contributed by atoms with E-state index in [0.717, 1.165) is 37.2 Å². The number of carbonyl (C=O) groups excluding carboxylic acids is 2. The van der Waals surface area contributed by atoms with Crippen LogP contribution < -0.4 is 10.6 Å². The molecule has 1 aromatic carbocycles. The van der Waals surface area contributed by atoms with Gasteiger partial charge >= 0.3 is 0 Å². The Balaban J connectivity index is 1.83. The fourth-order valence-corrected chi connectivity index (χ4v) is 3.95. The number of amides is 2. The van der Waals surface area contributed by atoms with Gasteiger partial charge in [-0.3, -0.25) is 14.3 Å². The Morgan fingerprint density at radius 1 is 1.14 bits per heavy atom. The second kappa shape index (κ2) is 9.04. The topological polar surface area (TPSA) is 76.0 Å². The van der Waals surface area contributed by atoms with Gasteiger partial charge in [0.25, 0.3) is 11.8 Å². The van der Waals surface area contributed by atoms with E-state index in [2.05, 4.69) is 22.7 Å². The molecule has 1 atom stereocenters. The Kier molecular flexibility index (Phi) is 6.49. The lowest BCUT2D eigenvalue weighted by molar-refractivity contribution is 0.0908. The largest absolute Gasteiger partial charge is 0.354 e. The number of carbonyl (C=O) groups is 2. The van der Waals surface area contributed by atoms with Crippen molar-refractivity contribution >= 4 is 11.8 Å². The molecule has 1 aliphatic carbocycles. The zero-order valence-electron chi connectivity index (χ0n) is 16.9. The summed E-state index contributed by atoms with van der Waals surface area (Å²) in [6.07, 6.45) is 5.54. The molecule has 2 amide bonds. The van der Waals surface area contributed by atoms with Crippen molar-refractivity contribution in [2.75, 3.05) is 7.05 Å². The molecule has 0 radical (unpaired) electrons. The van der Waals surface area contributed by atoms with Gasteiger partial charge in [0.05, 0.1) is 6.04 Å². The second-order valence-corrected chi connectivity index (χ2v) is 7.62. The van der Waals surface area contributed by atoms with Crippen molar-refractivity contribution in [3.63, 3.8) is 0 Å². The lowest BCUT2D eigenvalue weighted by atomic mass is 9.84. The highest BCUT2D eigenvalue weighted by Gasteiger charge is 2.26. The van der Waals surface area contributed by atoms with Crippen LogP contribution in [0, 0.1) is 5.92 Å². The Morgan fingerprint density at radius 3 is 2.43 bits per heavy atom. The molecule has 1 unspecified atom stereocenters. The minimum absolute atomic E-state index is 0.156. The molecule has 0 saturated heterocycles. The minimum atomic E-state index is -0.295. The third-order valence-corrected chi connectivity index (χ3v) is 5.84. The number of aromatic nitrogens is 2. The number of hydrogen-bond donors (Lipinski definition) is 2. The Bertz CT molecular complexity index is 807. The molecule has 1 heterocycles. The van der Waals surface area contributed by atoms with Crippen LogP contribution in [0.15, 0.2) is 36.4 Å². The predicted octanol–water partition coefficient (Wildman–Crippen LogP) is 3.55. The predicted molar refractivity (Wildman–Crippen MR) is 109 cm³/mol. The SMILES string of the molecule is CCC1CCC(NC(=O)c2cc(C(=O)NC)nn2C(C)c2ccccc2)CC1. The summed E-state index contributed by atoms with van der Waals surface area (Å²) in [5.74, 6) is 0.318. The first-order chi connectivity index (χ1) is 13.5. The molecule has 1 saturated carbocycles. The molecular formula is C22H30N4O2. The van der Waals surface area contributed by atoms with E-state index >= 15 is 0 Å². The standard InChI is InChI=1S/C22H30N4O2/c1-4-16-10-12-18(13-11-16)24-22(28)20-14-19(21(27)23-3)25-26(20)15(2)17-8-6-5-7-9-17/h5-9,14-16,18H,4,10-13H2,1-3H3,(H,23,27)(H,24,28). The summed E-state index contributed by atoms with van der Waals surface area (Å²) in [5.41, 5.74) is 1.71. The summed E-state index contributed by atoms with van der Waals surface area (Å²) in [7, 11) is 1.56. The molecule has 1 fully saturated rings. The zero-order chi connectivity index (χ0) is 20.1. The molecule has 0 bridgehead atoms. The monoisotopic (exact) mass is 382 g/mol. The van der Waals surface area contributed by atoms with E-state index in [9.17, 15) is 9.59 Å². The molecular weight excluding hydrogens is 352 g/mol. The molecule has 0 spiro atoms. The number of nitrogens with zero attached hydrogens (tertiary/aromatic N) is 2. The average molecular weight is 383 g/mol. The second-order valence-electron chi connectivity index (χ2n) is 7.62. The van der Waals surface area contributed by atoms with Crippen molar-refractivity contribution in [3.8, 4) is 0 Å². The van der Waals surface area contributed by atoms with Gasteiger partial charge in [0, 0.05) is 19.2 Å². The smallest absolute Gasteiger partial charge is 0.271 e. The number of hydrogen-bond acceptors (Lipinski definition) is 3. The van der Waals surface area contributed by atoms with Crippen LogP contribution in [-0.4, -0.2) is 34.7 Å². The summed E-state index contributed by atoms with van der Waals surface area (Å²) in [5, 5.41) is 10.2. The summed E-state index contributed by atoms with van der Waals surface area (Å²) in [4.78, 5) is 25.1. The number of benzene rings is 1. The van der Waals surface area contributed by atoms with Crippen molar-refractivity contribution in [2.24, 2.45) is 5.92 Å². The normalized spacial score (nSPS) is 20.4. The third-order valence-electron chi connectivity index (χ3n) is 5.84. The van der Waals surface area contributed by atoms with E-state index in [4.69, 9.17) is 0 Å². The summed E-state index contributed by atoms with van der Waals surface area (Å²) < 4.78 is 1.66. The van der Waals surface area contributed by atoms with E-state index in [1.165, 1.54) is 6.42 Å². The van der Waals surface area contributed by atoms with Crippen LogP contribution in [0.2, 0.25) is 0 Å². The van der Waals surface area contributed by atoms with Crippen LogP contribution in [0.3, 0.4) is 0 Å². The van der Waals surface area contributed by atoms with Crippen LogP contribution in [0.4, 0.5) is 0 Å². The average Bonchev–Trinajstić information content (AvgIpc) is 3.19. The molecule has 2 N–H and O–H groups in total. The Hall–Kier alpha value is -2.63. The van der Waals surface area contributed by atoms with Gasteiger partial charge in [0.1, 0.15) is 5.69 Å². The van der Waals surface area contributed by atoms with Gasteiger partial charge in [-0.2, -0.15) is 5.10 Å². The first-order valence-electron chi connectivity index (χ1n) is 10.2. The molecule has 6 nitrogen and oxygen atoms in total. The maximum atomic E-state index is 13.0. The van der Waals surface area contributed by atoms with Crippen molar-refractivity contribution in [1.29, 1.82) is 0 Å². The maximum Gasteiger partial charge on any atom is 0.271 e. The van der Waals surface area contributed by atoms with E-state index in [-0.39, 0.29) is 29.6 Å². The lowest BCUT2D eigenvalue weighted by Crippen LogP contribution is -2.38. The lowest BCUT2D eigenvalue weighted by Gasteiger charge is -2.28. The summed E-state index contributed by atoms with van der Waals surface area (Å²) in [6.45, 7) is 4.21. The van der Waals surface area contributed by atoms with Gasteiger partial charge in [-0.05, 0) is 44.1 Å². The van der Waals surface area contributed by atoms with E-state index in [1.54, 1.807) is 17.8 Å². The Labute approximate surface area is 166 Å². The van der Waals surface area contributed by atoms with Crippen LogP contribution in [0.25, 0.3) is 0 Å². The van der Waals surface area contributed by atoms with Gasteiger partial charge in [0.15, 0.2) is 5.69 Å². The van der Waals surface area contributed by atoms with Crippen molar-refractivity contribution in [3.05, 3.63) is 53.3 Å². The maximum absolute atomic E-state index is 13.0. The highest BCUT2D eigenvalue weighted by Crippen LogP contribution is 2.27. The first kappa shape index (κ1) is 20.1. The zero-order valence-corrected chi connectivity index (χ0v) is 16.9. The van der Waals surface area contributed by atoms with Crippen molar-refractivity contribution in [1.82, 2.24) is 20.4 Å². The minimum Gasteiger partial charge on any atom is -0.354 e. The summed E-state index contributed by atoms with van der Waals surface area (Å²) >= 11 is 0. The fourth-order valence-electron chi connectivity index (χ4n) is 3.95.